The van der Waals surface area contributed by atoms with E-state index in [4.69, 9.17) is 69.5 Å². The van der Waals surface area contributed by atoms with Crippen LogP contribution < -0.4 is 18.9 Å². The molecule has 0 aliphatic rings. The molecule has 0 saturated carbocycles. The predicted molar refractivity (Wildman–Crippen MR) is 410 cm³/mol. The molecular weight excluding hydrogens is 1420 g/mol. The molecule has 0 N–H and O–H groups in total. The molecule has 0 spiro atoms. The number of unbranched alkanes of at least 4 members (excludes halogenated alkanes) is 36. The molecule has 0 amide bonds. The standard InChI is InChI=1S/2C38H59IO2S2.Ni/c2*1-3-5-7-9-11-13-15-17-19-21-29-40-35-28-25-33(38(43)37(42)32-23-26-34(39)27-24-32)31-36(35)41-30-22-20-18-16-14-12-10-8-6-4-2;/h2*23-28,31,42-43H,3-22,29-30H2,1-2H3;. The third-order valence-corrected chi connectivity index (χ3v) is 19.9. The molecule has 494 valence electrons. The third-order valence-electron chi connectivity index (χ3n) is 16.1. The van der Waals surface area contributed by atoms with E-state index in [0.717, 1.165) is 104 Å². The zero-order chi connectivity index (χ0) is 61.9. The summed E-state index contributed by atoms with van der Waals surface area (Å²) in [5.74, 6) is 3.30. The van der Waals surface area contributed by atoms with E-state index in [1.54, 1.807) is 0 Å². The third kappa shape index (κ3) is 39.9. The molecule has 4 rings (SSSR count). The number of halogens is 2. The van der Waals surface area contributed by atoms with E-state index in [9.17, 15) is 0 Å². The number of rotatable bonds is 52. The van der Waals surface area contributed by atoms with Crippen LogP contribution in [0, 0.1) is 7.14 Å². The molecule has 0 heterocycles. The fourth-order valence-corrected chi connectivity index (χ4v) is 12.4. The van der Waals surface area contributed by atoms with Crippen LogP contribution in [0.4, 0.5) is 0 Å². The van der Waals surface area contributed by atoms with E-state index in [-0.39, 0.29) is 16.5 Å². The fraction of sp³-hybridized carbons (Fsp3) is 0.632. The Kier molecular flexibility index (Phi) is 53.2. The molecule has 0 unspecified atom stereocenters. The molecule has 0 fully saturated rings. The van der Waals surface area contributed by atoms with Crippen LogP contribution in [0.15, 0.2) is 84.9 Å². The van der Waals surface area contributed by atoms with Crippen molar-refractivity contribution in [1.82, 2.24) is 0 Å². The van der Waals surface area contributed by atoms with Gasteiger partial charge in [0.15, 0.2) is 23.0 Å². The van der Waals surface area contributed by atoms with Crippen LogP contribution in [0.5, 0.6) is 23.0 Å². The molecule has 87 heavy (non-hydrogen) atoms. The summed E-state index contributed by atoms with van der Waals surface area (Å²) in [5.41, 5.74) is 4.11. The van der Waals surface area contributed by atoms with Crippen LogP contribution in [0.3, 0.4) is 0 Å². The molecule has 4 aromatic carbocycles. The average molecular weight is 1540 g/mol. The van der Waals surface area contributed by atoms with Crippen molar-refractivity contribution in [3.05, 3.63) is 114 Å². The normalized spacial score (nSPS) is 11.8. The van der Waals surface area contributed by atoms with Crippen molar-refractivity contribution >= 4 is 115 Å². The minimum Gasteiger partial charge on any atom is -0.490 e. The molecule has 0 bridgehead atoms. The SMILES string of the molecule is CCCCCCCCCCCCOc1ccc(C(S)=C(S)c2ccc(I)cc2)cc1OCCCCCCCCCCCC.CCCCCCCCCCCCOc1ccc(C(S)=C(S)c2ccc(I)cc2)cc1OCCCCCCCCCCCC.[Ni]. The van der Waals surface area contributed by atoms with Crippen molar-refractivity contribution < 1.29 is 35.4 Å². The van der Waals surface area contributed by atoms with Crippen LogP contribution >= 0.6 is 95.7 Å². The van der Waals surface area contributed by atoms with Crippen LogP contribution in [-0.2, 0) is 16.5 Å². The zero-order valence-electron chi connectivity index (χ0n) is 54.7. The Balaban J connectivity index is 0.000000587. The van der Waals surface area contributed by atoms with E-state index in [1.165, 1.54) is 238 Å². The molecule has 11 heteroatoms. The Morgan fingerprint density at radius 1 is 0.253 bits per heavy atom. The van der Waals surface area contributed by atoms with E-state index in [1.807, 2.05) is 12.1 Å². The molecule has 0 aromatic heterocycles. The van der Waals surface area contributed by atoms with Crippen molar-refractivity contribution in [2.45, 2.75) is 285 Å². The summed E-state index contributed by atoms with van der Waals surface area (Å²) in [6.45, 7) is 12.0. The second kappa shape index (κ2) is 56.5. The topological polar surface area (TPSA) is 36.9 Å². The van der Waals surface area contributed by atoms with E-state index < -0.39 is 0 Å². The quantitative estimate of drug-likeness (QED) is 0.0117. The maximum absolute atomic E-state index is 6.34. The predicted octanol–water partition coefficient (Wildman–Crippen LogP) is 27.1. The Bertz CT molecular complexity index is 2180. The van der Waals surface area contributed by atoms with Crippen LogP contribution in [0.1, 0.15) is 307 Å². The first-order chi connectivity index (χ1) is 42.1. The van der Waals surface area contributed by atoms with Gasteiger partial charge < -0.3 is 18.9 Å². The van der Waals surface area contributed by atoms with Crippen molar-refractivity contribution in [2.24, 2.45) is 0 Å². The number of thiol groups is 4. The molecule has 4 aromatic rings. The van der Waals surface area contributed by atoms with Crippen LogP contribution in [-0.4, -0.2) is 26.4 Å². The van der Waals surface area contributed by atoms with Crippen molar-refractivity contribution in [2.75, 3.05) is 26.4 Å². The summed E-state index contributed by atoms with van der Waals surface area (Å²) in [5, 5.41) is 0. The van der Waals surface area contributed by atoms with Crippen LogP contribution in [0.25, 0.3) is 19.6 Å². The molecular formula is C76H118I2NiO4S4. The largest absolute Gasteiger partial charge is 0.490 e. The van der Waals surface area contributed by atoms with Crippen molar-refractivity contribution in [1.29, 1.82) is 0 Å². The summed E-state index contributed by atoms with van der Waals surface area (Å²) >= 11 is 24.0. The molecule has 0 saturated heterocycles. The monoisotopic (exact) mass is 1530 g/mol. The molecule has 0 radical (unpaired) electrons. The van der Waals surface area contributed by atoms with Gasteiger partial charge in [-0.1, -0.05) is 283 Å². The Labute approximate surface area is 593 Å². The molecule has 0 atom stereocenters. The van der Waals surface area contributed by atoms with Gasteiger partial charge in [-0.25, -0.2) is 0 Å². The maximum Gasteiger partial charge on any atom is 0.161 e. The van der Waals surface area contributed by atoms with Crippen molar-refractivity contribution in [3.63, 3.8) is 0 Å². The first-order valence-electron chi connectivity index (χ1n) is 34.7. The van der Waals surface area contributed by atoms with Gasteiger partial charge in [-0.2, -0.15) is 0 Å². The number of ether oxygens (including phenoxy) is 4. The smallest absolute Gasteiger partial charge is 0.161 e. The second-order valence-corrected chi connectivity index (χ2v) is 28.1. The van der Waals surface area contributed by atoms with E-state index in [0.29, 0.717) is 13.2 Å². The molecule has 0 aliphatic carbocycles. The summed E-state index contributed by atoms with van der Waals surface area (Å²) in [6, 6.07) is 29.1. The van der Waals surface area contributed by atoms with Gasteiger partial charge in [0.25, 0.3) is 0 Å². The summed E-state index contributed by atoms with van der Waals surface area (Å²) < 4.78 is 27.6. The summed E-state index contributed by atoms with van der Waals surface area (Å²) in [4.78, 5) is 3.41. The Morgan fingerprint density at radius 3 is 0.667 bits per heavy atom. The van der Waals surface area contributed by atoms with Gasteiger partial charge in [-0.05, 0) is 154 Å². The first-order valence-corrected chi connectivity index (χ1v) is 38.6. The summed E-state index contributed by atoms with van der Waals surface area (Å²) in [6.07, 6.45) is 52.8. The van der Waals surface area contributed by atoms with Crippen molar-refractivity contribution in [3.8, 4) is 23.0 Å². The Morgan fingerprint density at radius 2 is 0.437 bits per heavy atom. The first kappa shape index (κ1) is 82.0. The minimum atomic E-state index is 0. The minimum absolute atomic E-state index is 0. The number of hydrogen-bond acceptors (Lipinski definition) is 8. The van der Waals surface area contributed by atoms with Gasteiger partial charge in [0.05, 0.1) is 26.4 Å². The van der Waals surface area contributed by atoms with Gasteiger partial charge in [-0.3, -0.25) is 0 Å². The Hall–Kier alpha value is -1.09. The van der Waals surface area contributed by atoms with Gasteiger partial charge in [0.1, 0.15) is 0 Å². The van der Waals surface area contributed by atoms with E-state index in [2.05, 4.69) is 146 Å². The van der Waals surface area contributed by atoms with Gasteiger partial charge in [-0.15, -0.1) is 50.5 Å². The second-order valence-electron chi connectivity index (χ2n) is 23.9. The average Bonchev–Trinajstić information content (AvgIpc) is 3.26. The van der Waals surface area contributed by atoms with E-state index >= 15 is 0 Å². The van der Waals surface area contributed by atoms with Gasteiger partial charge in [0, 0.05) is 43.3 Å². The molecule has 0 aliphatic heterocycles. The van der Waals surface area contributed by atoms with Crippen LogP contribution in [0.2, 0.25) is 0 Å². The number of hydrogen-bond donors (Lipinski definition) is 4. The zero-order valence-corrected chi connectivity index (χ0v) is 63.6. The molecule has 4 nitrogen and oxygen atoms in total. The maximum atomic E-state index is 6.34. The number of benzene rings is 4. The fourth-order valence-electron chi connectivity index (χ4n) is 10.6. The van der Waals surface area contributed by atoms with Gasteiger partial charge >= 0.3 is 0 Å². The summed E-state index contributed by atoms with van der Waals surface area (Å²) in [7, 11) is 0. The van der Waals surface area contributed by atoms with Gasteiger partial charge in [0.2, 0.25) is 0 Å².